The average Bonchev–Trinajstić information content (AvgIpc) is 2.21. The molecule has 1 N–H and O–H groups in total. The molecule has 1 aliphatic heterocycles. The molecule has 0 radical (unpaired) electrons. The van der Waals surface area contributed by atoms with Gasteiger partial charge in [0.15, 0.2) is 0 Å². The van der Waals surface area contributed by atoms with E-state index in [1.54, 1.807) is 12.1 Å². The zero-order valence-electron chi connectivity index (χ0n) is 10.6. The SMILES string of the molecule is CC1CC(O)(Cc2cc(Br)ccc2F)CC(C)O1. The Bertz CT molecular complexity index is 426. The first-order chi connectivity index (χ1) is 8.38. The molecule has 18 heavy (non-hydrogen) atoms. The number of halogens is 2. The van der Waals surface area contributed by atoms with Crippen LogP contribution in [0, 0.1) is 5.82 Å². The number of rotatable bonds is 2. The highest BCUT2D eigenvalue weighted by Gasteiger charge is 2.37. The van der Waals surface area contributed by atoms with Crippen molar-refractivity contribution in [3.05, 3.63) is 34.1 Å². The number of ether oxygens (including phenoxy) is 1. The zero-order valence-corrected chi connectivity index (χ0v) is 12.2. The lowest BCUT2D eigenvalue weighted by Gasteiger charge is -2.39. The molecule has 1 aromatic rings. The van der Waals surface area contributed by atoms with Crippen LogP contribution in [0.1, 0.15) is 32.3 Å². The quantitative estimate of drug-likeness (QED) is 0.905. The Morgan fingerprint density at radius 3 is 2.61 bits per heavy atom. The summed E-state index contributed by atoms with van der Waals surface area (Å²) >= 11 is 3.33. The van der Waals surface area contributed by atoms with Gasteiger partial charge in [0.25, 0.3) is 0 Å². The summed E-state index contributed by atoms with van der Waals surface area (Å²) in [7, 11) is 0. The van der Waals surface area contributed by atoms with E-state index in [9.17, 15) is 9.50 Å². The second kappa shape index (κ2) is 5.27. The van der Waals surface area contributed by atoms with Crippen molar-refractivity contribution in [3.63, 3.8) is 0 Å². The summed E-state index contributed by atoms with van der Waals surface area (Å²) in [6, 6.07) is 4.82. The standard InChI is InChI=1S/C14H18BrFO2/c1-9-6-14(17,7-10(2)18-9)8-11-5-12(15)3-4-13(11)16/h3-5,9-10,17H,6-8H2,1-2H3. The van der Waals surface area contributed by atoms with Crippen molar-refractivity contribution in [3.8, 4) is 0 Å². The van der Waals surface area contributed by atoms with Crippen molar-refractivity contribution in [2.75, 3.05) is 0 Å². The lowest BCUT2D eigenvalue weighted by atomic mass is 9.82. The molecular weight excluding hydrogens is 299 g/mol. The molecule has 0 aromatic heterocycles. The van der Waals surface area contributed by atoms with Gasteiger partial charge in [-0.3, -0.25) is 0 Å². The molecule has 2 rings (SSSR count). The lowest BCUT2D eigenvalue weighted by Crippen LogP contribution is -2.45. The summed E-state index contributed by atoms with van der Waals surface area (Å²) in [6.07, 6.45) is 1.44. The molecule has 0 bridgehead atoms. The van der Waals surface area contributed by atoms with Gasteiger partial charge in [-0.25, -0.2) is 4.39 Å². The maximum atomic E-state index is 13.7. The molecule has 0 spiro atoms. The van der Waals surface area contributed by atoms with Crippen LogP contribution in [-0.2, 0) is 11.2 Å². The minimum atomic E-state index is -0.876. The normalized spacial score (nSPS) is 32.5. The minimum absolute atomic E-state index is 0.00830. The van der Waals surface area contributed by atoms with E-state index in [1.165, 1.54) is 6.07 Å². The highest BCUT2D eigenvalue weighted by molar-refractivity contribution is 9.10. The summed E-state index contributed by atoms with van der Waals surface area (Å²) in [5.41, 5.74) is -0.327. The van der Waals surface area contributed by atoms with Crippen molar-refractivity contribution in [1.29, 1.82) is 0 Å². The topological polar surface area (TPSA) is 29.5 Å². The van der Waals surface area contributed by atoms with Crippen molar-refractivity contribution in [1.82, 2.24) is 0 Å². The smallest absolute Gasteiger partial charge is 0.126 e. The molecule has 1 aromatic carbocycles. The molecule has 0 aliphatic carbocycles. The molecule has 2 nitrogen and oxygen atoms in total. The monoisotopic (exact) mass is 316 g/mol. The first-order valence-corrected chi connectivity index (χ1v) is 6.99. The highest BCUT2D eigenvalue weighted by Crippen LogP contribution is 2.32. The van der Waals surface area contributed by atoms with Gasteiger partial charge in [0.05, 0.1) is 17.8 Å². The largest absolute Gasteiger partial charge is 0.389 e. The third kappa shape index (κ3) is 3.31. The molecule has 1 fully saturated rings. The Morgan fingerprint density at radius 1 is 1.39 bits per heavy atom. The maximum absolute atomic E-state index is 13.7. The molecule has 1 aliphatic rings. The molecule has 2 unspecified atom stereocenters. The molecule has 0 amide bonds. The van der Waals surface area contributed by atoms with E-state index in [0.29, 0.717) is 24.8 Å². The van der Waals surface area contributed by atoms with E-state index in [-0.39, 0.29) is 18.0 Å². The predicted octanol–water partition coefficient (Wildman–Crippen LogP) is 3.45. The van der Waals surface area contributed by atoms with Crippen LogP contribution in [0.2, 0.25) is 0 Å². The van der Waals surface area contributed by atoms with Gasteiger partial charge in [0, 0.05) is 23.7 Å². The average molecular weight is 317 g/mol. The molecule has 4 heteroatoms. The third-order valence-corrected chi connectivity index (χ3v) is 3.82. The Morgan fingerprint density at radius 2 is 2.00 bits per heavy atom. The molecule has 1 heterocycles. The van der Waals surface area contributed by atoms with Crippen LogP contribution in [0.5, 0.6) is 0 Å². The second-order valence-electron chi connectivity index (χ2n) is 5.30. The van der Waals surface area contributed by atoms with Gasteiger partial charge in [0.2, 0.25) is 0 Å². The number of hydrogen-bond donors (Lipinski definition) is 1. The van der Waals surface area contributed by atoms with E-state index in [0.717, 1.165) is 4.47 Å². The van der Waals surface area contributed by atoms with Gasteiger partial charge in [-0.1, -0.05) is 15.9 Å². The predicted molar refractivity (Wildman–Crippen MR) is 72.0 cm³/mol. The number of aliphatic hydroxyl groups is 1. The van der Waals surface area contributed by atoms with Crippen LogP contribution in [0.3, 0.4) is 0 Å². The van der Waals surface area contributed by atoms with Crippen LogP contribution >= 0.6 is 15.9 Å². The summed E-state index contributed by atoms with van der Waals surface area (Å²) in [4.78, 5) is 0. The maximum Gasteiger partial charge on any atom is 0.126 e. The molecule has 1 saturated heterocycles. The van der Waals surface area contributed by atoms with Gasteiger partial charge in [-0.2, -0.15) is 0 Å². The van der Waals surface area contributed by atoms with E-state index >= 15 is 0 Å². The van der Waals surface area contributed by atoms with Crippen LogP contribution < -0.4 is 0 Å². The minimum Gasteiger partial charge on any atom is -0.389 e. The Balaban J connectivity index is 2.18. The summed E-state index contributed by atoms with van der Waals surface area (Å²) in [5.74, 6) is -0.265. The van der Waals surface area contributed by atoms with E-state index in [1.807, 2.05) is 13.8 Å². The fourth-order valence-corrected chi connectivity index (χ4v) is 3.23. The lowest BCUT2D eigenvalue weighted by molar-refractivity contribution is -0.131. The first-order valence-electron chi connectivity index (χ1n) is 6.20. The summed E-state index contributed by atoms with van der Waals surface area (Å²) in [6.45, 7) is 3.88. The fraction of sp³-hybridized carbons (Fsp3) is 0.571. The Labute approximate surface area is 115 Å². The molecule has 0 saturated carbocycles. The van der Waals surface area contributed by atoms with Crippen molar-refractivity contribution < 1.29 is 14.2 Å². The Hall–Kier alpha value is -0.450. The Kier molecular flexibility index (Phi) is 4.09. The van der Waals surface area contributed by atoms with Crippen molar-refractivity contribution in [2.45, 2.75) is 50.9 Å². The second-order valence-corrected chi connectivity index (χ2v) is 6.22. The molecule has 2 atom stereocenters. The van der Waals surface area contributed by atoms with Gasteiger partial charge in [-0.05, 0) is 37.6 Å². The van der Waals surface area contributed by atoms with Crippen LogP contribution in [-0.4, -0.2) is 22.9 Å². The van der Waals surface area contributed by atoms with E-state index in [4.69, 9.17) is 4.74 Å². The van der Waals surface area contributed by atoms with Crippen LogP contribution in [0.4, 0.5) is 4.39 Å². The van der Waals surface area contributed by atoms with Crippen LogP contribution in [0.15, 0.2) is 22.7 Å². The van der Waals surface area contributed by atoms with E-state index in [2.05, 4.69) is 15.9 Å². The number of hydrogen-bond acceptors (Lipinski definition) is 2. The highest BCUT2D eigenvalue weighted by atomic mass is 79.9. The molecular formula is C14H18BrFO2. The van der Waals surface area contributed by atoms with Gasteiger partial charge in [-0.15, -0.1) is 0 Å². The fourth-order valence-electron chi connectivity index (χ4n) is 2.82. The van der Waals surface area contributed by atoms with Crippen molar-refractivity contribution in [2.24, 2.45) is 0 Å². The van der Waals surface area contributed by atoms with Gasteiger partial charge in [0.1, 0.15) is 5.82 Å². The molecule has 100 valence electrons. The van der Waals surface area contributed by atoms with Crippen molar-refractivity contribution >= 4 is 15.9 Å². The zero-order chi connectivity index (χ0) is 13.3. The van der Waals surface area contributed by atoms with Gasteiger partial charge >= 0.3 is 0 Å². The van der Waals surface area contributed by atoms with Gasteiger partial charge < -0.3 is 9.84 Å². The number of benzene rings is 1. The third-order valence-electron chi connectivity index (χ3n) is 3.33. The first kappa shape index (κ1) is 14.0. The summed E-state index contributed by atoms with van der Waals surface area (Å²) < 4.78 is 20.2. The summed E-state index contributed by atoms with van der Waals surface area (Å²) in [5, 5.41) is 10.6. The van der Waals surface area contributed by atoms with E-state index < -0.39 is 5.60 Å². The van der Waals surface area contributed by atoms with Crippen LogP contribution in [0.25, 0.3) is 0 Å².